The van der Waals surface area contributed by atoms with Crippen LogP contribution in [-0.2, 0) is 6.42 Å². The zero-order chi connectivity index (χ0) is 17.2. The van der Waals surface area contributed by atoms with Crippen LogP contribution in [0.3, 0.4) is 0 Å². The SMILES string of the molecule is O=C(Nc1nnc(Cc2ccc3c(c2)OCO3)o1)c1cccc(F)c1. The van der Waals surface area contributed by atoms with Gasteiger partial charge in [0.25, 0.3) is 5.91 Å². The maximum Gasteiger partial charge on any atom is 0.322 e. The summed E-state index contributed by atoms with van der Waals surface area (Å²) >= 11 is 0. The summed E-state index contributed by atoms with van der Waals surface area (Å²) in [5, 5.41) is 10.1. The van der Waals surface area contributed by atoms with Gasteiger partial charge in [0.05, 0.1) is 6.42 Å². The number of anilines is 1. The lowest BCUT2D eigenvalue weighted by Crippen LogP contribution is -2.12. The molecule has 0 saturated heterocycles. The molecule has 2 aromatic carbocycles. The molecule has 1 aliphatic heterocycles. The fourth-order valence-electron chi connectivity index (χ4n) is 2.40. The van der Waals surface area contributed by atoms with Crippen molar-refractivity contribution in [2.24, 2.45) is 0 Å². The lowest BCUT2D eigenvalue weighted by Gasteiger charge is -2.01. The van der Waals surface area contributed by atoms with Crippen molar-refractivity contribution in [1.82, 2.24) is 10.2 Å². The Morgan fingerprint density at radius 2 is 2.00 bits per heavy atom. The van der Waals surface area contributed by atoms with Crippen LogP contribution in [0.4, 0.5) is 10.4 Å². The highest BCUT2D eigenvalue weighted by atomic mass is 19.1. The van der Waals surface area contributed by atoms with Crippen molar-refractivity contribution >= 4 is 11.9 Å². The van der Waals surface area contributed by atoms with Crippen molar-refractivity contribution in [3.63, 3.8) is 0 Å². The second-order valence-electron chi connectivity index (χ2n) is 5.33. The number of benzene rings is 2. The molecule has 1 N–H and O–H groups in total. The van der Waals surface area contributed by atoms with Gasteiger partial charge < -0.3 is 13.9 Å². The van der Waals surface area contributed by atoms with Crippen LogP contribution in [0.2, 0.25) is 0 Å². The minimum absolute atomic E-state index is 0.0509. The summed E-state index contributed by atoms with van der Waals surface area (Å²) in [6, 6.07) is 10.8. The van der Waals surface area contributed by atoms with Crippen LogP contribution in [0.15, 0.2) is 46.9 Å². The van der Waals surface area contributed by atoms with E-state index < -0.39 is 11.7 Å². The highest BCUT2D eigenvalue weighted by molar-refractivity contribution is 6.03. The molecule has 0 saturated carbocycles. The summed E-state index contributed by atoms with van der Waals surface area (Å²) in [5.74, 6) is 0.654. The summed E-state index contributed by atoms with van der Waals surface area (Å²) in [6.45, 7) is 0.204. The fourth-order valence-corrected chi connectivity index (χ4v) is 2.40. The molecule has 0 fully saturated rings. The van der Waals surface area contributed by atoms with E-state index in [9.17, 15) is 9.18 Å². The summed E-state index contributed by atoms with van der Waals surface area (Å²) in [6.07, 6.45) is 0.374. The lowest BCUT2D eigenvalue weighted by molar-refractivity contribution is 0.102. The van der Waals surface area contributed by atoms with E-state index in [0.29, 0.717) is 23.8 Å². The van der Waals surface area contributed by atoms with Gasteiger partial charge in [-0.1, -0.05) is 17.2 Å². The van der Waals surface area contributed by atoms with Crippen molar-refractivity contribution in [3.05, 3.63) is 65.3 Å². The van der Waals surface area contributed by atoms with Gasteiger partial charge in [0.15, 0.2) is 11.5 Å². The molecule has 0 radical (unpaired) electrons. The van der Waals surface area contributed by atoms with Crippen LogP contribution in [0.25, 0.3) is 0 Å². The van der Waals surface area contributed by atoms with Gasteiger partial charge in [0, 0.05) is 5.56 Å². The molecule has 1 amide bonds. The van der Waals surface area contributed by atoms with Crippen LogP contribution >= 0.6 is 0 Å². The Balaban J connectivity index is 1.44. The van der Waals surface area contributed by atoms with Crippen molar-refractivity contribution in [2.75, 3.05) is 12.1 Å². The molecule has 0 bridgehead atoms. The number of hydrogen-bond donors (Lipinski definition) is 1. The van der Waals surface area contributed by atoms with E-state index in [0.717, 1.165) is 11.6 Å². The normalized spacial score (nSPS) is 12.2. The first-order chi connectivity index (χ1) is 12.2. The first-order valence-corrected chi connectivity index (χ1v) is 7.45. The van der Waals surface area contributed by atoms with Crippen LogP contribution in [-0.4, -0.2) is 22.9 Å². The number of carbonyl (C=O) groups is 1. The molecule has 8 heteroatoms. The van der Waals surface area contributed by atoms with E-state index in [2.05, 4.69) is 15.5 Å². The molecule has 2 heterocycles. The van der Waals surface area contributed by atoms with Gasteiger partial charge in [0.2, 0.25) is 12.7 Å². The number of fused-ring (bicyclic) bond motifs is 1. The molecule has 1 aliphatic rings. The topological polar surface area (TPSA) is 86.5 Å². The minimum atomic E-state index is -0.530. The predicted octanol–water partition coefficient (Wildman–Crippen LogP) is 2.78. The third-order valence-electron chi connectivity index (χ3n) is 3.57. The predicted molar refractivity (Wildman–Crippen MR) is 84.0 cm³/mol. The second kappa shape index (κ2) is 6.23. The monoisotopic (exact) mass is 341 g/mol. The molecule has 7 nitrogen and oxygen atoms in total. The van der Waals surface area contributed by atoms with Gasteiger partial charge in [0.1, 0.15) is 5.82 Å². The van der Waals surface area contributed by atoms with Gasteiger partial charge >= 0.3 is 6.01 Å². The highest BCUT2D eigenvalue weighted by Crippen LogP contribution is 2.33. The summed E-state index contributed by atoms with van der Waals surface area (Å²) in [5.41, 5.74) is 1.06. The van der Waals surface area contributed by atoms with Gasteiger partial charge in [-0.25, -0.2) is 4.39 Å². The maximum absolute atomic E-state index is 13.2. The van der Waals surface area contributed by atoms with Crippen molar-refractivity contribution in [1.29, 1.82) is 0 Å². The Hall–Kier alpha value is -3.42. The van der Waals surface area contributed by atoms with E-state index in [4.69, 9.17) is 13.9 Å². The largest absolute Gasteiger partial charge is 0.454 e. The number of rotatable bonds is 4. The van der Waals surface area contributed by atoms with Crippen LogP contribution in [0.5, 0.6) is 11.5 Å². The molecular formula is C17H12FN3O4. The average Bonchev–Trinajstić information content (AvgIpc) is 3.24. The first-order valence-electron chi connectivity index (χ1n) is 7.45. The Morgan fingerprint density at radius 3 is 2.88 bits per heavy atom. The number of hydrogen-bond acceptors (Lipinski definition) is 6. The lowest BCUT2D eigenvalue weighted by atomic mass is 10.1. The minimum Gasteiger partial charge on any atom is -0.454 e. The number of carbonyl (C=O) groups excluding carboxylic acids is 1. The fraction of sp³-hybridized carbons (Fsp3) is 0.118. The Morgan fingerprint density at radius 1 is 1.12 bits per heavy atom. The number of nitrogens with one attached hydrogen (secondary N) is 1. The molecule has 4 rings (SSSR count). The third-order valence-corrected chi connectivity index (χ3v) is 3.57. The zero-order valence-corrected chi connectivity index (χ0v) is 12.9. The number of amides is 1. The van der Waals surface area contributed by atoms with Gasteiger partial charge in [-0.2, -0.15) is 0 Å². The van der Waals surface area contributed by atoms with Gasteiger partial charge in [-0.3, -0.25) is 10.1 Å². The smallest absolute Gasteiger partial charge is 0.322 e. The van der Waals surface area contributed by atoms with Crippen LogP contribution in [0, 0.1) is 5.82 Å². The molecule has 0 aliphatic carbocycles. The molecule has 0 spiro atoms. The van der Waals surface area contributed by atoms with Crippen molar-refractivity contribution in [2.45, 2.75) is 6.42 Å². The molecule has 3 aromatic rings. The number of nitrogens with zero attached hydrogens (tertiary/aromatic N) is 2. The average molecular weight is 341 g/mol. The molecular weight excluding hydrogens is 329 g/mol. The first kappa shape index (κ1) is 15.1. The number of aromatic nitrogens is 2. The number of ether oxygens (including phenoxy) is 2. The van der Waals surface area contributed by atoms with Crippen molar-refractivity contribution in [3.8, 4) is 11.5 Å². The molecule has 25 heavy (non-hydrogen) atoms. The summed E-state index contributed by atoms with van der Waals surface area (Å²) in [4.78, 5) is 12.0. The standard InChI is InChI=1S/C17H12FN3O4/c18-12-3-1-2-11(8-12)16(22)19-17-21-20-15(25-17)7-10-4-5-13-14(6-10)24-9-23-13/h1-6,8H,7,9H2,(H,19,21,22). The van der Waals surface area contributed by atoms with Crippen LogP contribution < -0.4 is 14.8 Å². The Labute approximate surface area is 141 Å². The van der Waals surface area contributed by atoms with E-state index >= 15 is 0 Å². The van der Waals surface area contributed by atoms with E-state index in [1.54, 1.807) is 6.07 Å². The summed E-state index contributed by atoms with van der Waals surface area (Å²) in [7, 11) is 0. The van der Waals surface area contributed by atoms with Gasteiger partial charge in [-0.05, 0) is 35.9 Å². The van der Waals surface area contributed by atoms with Crippen molar-refractivity contribution < 1.29 is 23.1 Å². The third kappa shape index (κ3) is 3.27. The van der Waals surface area contributed by atoms with E-state index in [1.807, 2.05) is 12.1 Å². The maximum atomic E-state index is 13.2. The molecule has 0 unspecified atom stereocenters. The molecule has 1 aromatic heterocycles. The van der Waals surface area contributed by atoms with E-state index in [-0.39, 0.29) is 18.4 Å². The second-order valence-corrected chi connectivity index (χ2v) is 5.33. The van der Waals surface area contributed by atoms with Crippen LogP contribution in [0.1, 0.15) is 21.8 Å². The van der Waals surface area contributed by atoms with Gasteiger partial charge in [-0.15, -0.1) is 5.10 Å². The Kier molecular flexibility index (Phi) is 3.77. The Bertz CT molecular complexity index is 941. The molecule has 126 valence electrons. The number of halogens is 1. The zero-order valence-electron chi connectivity index (χ0n) is 12.9. The molecule has 0 atom stereocenters. The summed E-state index contributed by atoms with van der Waals surface area (Å²) < 4.78 is 29.1. The highest BCUT2D eigenvalue weighted by Gasteiger charge is 2.16. The quantitative estimate of drug-likeness (QED) is 0.785. The van der Waals surface area contributed by atoms with E-state index in [1.165, 1.54) is 18.2 Å².